The first-order chi connectivity index (χ1) is 4.61. The minimum atomic E-state index is 0.0173. The summed E-state index contributed by atoms with van der Waals surface area (Å²) in [5.41, 5.74) is 0. The van der Waals surface area contributed by atoms with E-state index in [4.69, 9.17) is 0 Å². The number of hydrogen-bond donors (Lipinski definition) is 1. The SMILES string of the molecule is CC1=NC(C)C(C)C(=O)N1. The van der Waals surface area contributed by atoms with Crippen LogP contribution in [0.5, 0.6) is 0 Å². The van der Waals surface area contributed by atoms with Gasteiger partial charge in [0.2, 0.25) is 5.91 Å². The van der Waals surface area contributed by atoms with Gasteiger partial charge in [-0.1, -0.05) is 6.92 Å². The van der Waals surface area contributed by atoms with Crippen molar-refractivity contribution in [1.29, 1.82) is 0 Å². The summed E-state index contributed by atoms with van der Waals surface area (Å²) in [7, 11) is 0. The van der Waals surface area contributed by atoms with Crippen LogP contribution in [0.4, 0.5) is 0 Å². The van der Waals surface area contributed by atoms with Crippen LogP contribution in [-0.2, 0) is 4.79 Å². The van der Waals surface area contributed by atoms with Crippen molar-refractivity contribution in [2.75, 3.05) is 0 Å². The molecule has 1 heterocycles. The molecule has 0 fully saturated rings. The summed E-state index contributed by atoms with van der Waals surface area (Å²) in [6.07, 6.45) is 0. The van der Waals surface area contributed by atoms with Crippen molar-refractivity contribution in [3.63, 3.8) is 0 Å². The fourth-order valence-electron chi connectivity index (χ4n) is 0.961. The molecule has 0 aromatic carbocycles. The maximum atomic E-state index is 11.0. The first-order valence-electron chi connectivity index (χ1n) is 3.46. The molecule has 1 rings (SSSR count). The Morgan fingerprint density at radius 2 is 2.10 bits per heavy atom. The predicted molar refractivity (Wildman–Crippen MR) is 39.9 cm³/mol. The lowest BCUT2D eigenvalue weighted by Gasteiger charge is -2.21. The number of aliphatic imine (C=N–C) groups is 1. The first-order valence-corrected chi connectivity index (χ1v) is 3.46. The zero-order chi connectivity index (χ0) is 7.72. The molecule has 1 aliphatic heterocycles. The maximum Gasteiger partial charge on any atom is 0.230 e. The van der Waals surface area contributed by atoms with E-state index in [0.29, 0.717) is 0 Å². The van der Waals surface area contributed by atoms with Crippen LogP contribution in [-0.4, -0.2) is 17.8 Å². The van der Waals surface area contributed by atoms with E-state index in [1.807, 2.05) is 13.8 Å². The van der Waals surface area contributed by atoms with Gasteiger partial charge in [-0.05, 0) is 13.8 Å². The number of nitrogens with zero attached hydrogens (tertiary/aromatic N) is 1. The number of amidine groups is 1. The van der Waals surface area contributed by atoms with Crippen molar-refractivity contribution in [2.24, 2.45) is 10.9 Å². The van der Waals surface area contributed by atoms with Crippen molar-refractivity contribution in [3.05, 3.63) is 0 Å². The minimum Gasteiger partial charge on any atom is -0.314 e. The largest absolute Gasteiger partial charge is 0.314 e. The molecular weight excluding hydrogens is 128 g/mol. The topological polar surface area (TPSA) is 41.5 Å². The van der Waals surface area contributed by atoms with E-state index in [1.165, 1.54) is 0 Å². The molecule has 1 N–H and O–H groups in total. The van der Waals surface area contributed by atoms with E-state index >= 15 is 0 Å². The molecule has 0 aliphatic carbocycles. The Hall–Kier alpha value is -0.860. The molecule has 1 aliphatic rings. The van der Waals surface area contributed by atoms with Gasteiger partial charge in [-0.15, -0.1) is 0 Å². The van der Waals surface area contributed by atoms with Crippen LogP contribution in [0.1, 0.15) is 20.8 Å². The highest BCUT2D eigenvalue weighted by Crippen LogP contribution is 2.10. The summed E-state index contributed by atoms with van der Waals surface area (Å²) in [4.78, 5) is 15.2. The lowest BCUT2D eigenvalue weighted by Crippen LogP contribution is -2.42. The molecule has 3 heteroatoms. The van der Waals surface area contributed by atoms with Gasteiger partial charge in [-0.2, -0.15) is 0 Å². The van der Waals surface area contributed by atoms with Gasteiger partial charge in [0.05, 0.1) is 12.0 Å². The number of carbonyl (C=O) groups is 1. The second-order valence-corrected chi connectivity index (χ2v) is 2.73. The second-order valence-electron chi connectivity index (χ2n) is 2.73. The van der Waals surface area contributed by atoms with Crippen LogP contribution in [0, 0.1) is 5.92 Å². The Kier molecular flexibility index (Phi) is 1.74. The third-order valence-electron chi connectivity index (χ3n) is 1.84. The van der Waals surface area contributed by atoms with Gasteiger partial charge in [-0.3, -0.25) is 9.79 Å². The molecule has 0 radical (unpaired) electrons. The predicted octanol–water partition coefficient (Wildman–Crippen LogP) is 0.559. The third kappa shape index (κ3) is 1.17. The Labute approximate surface area is 60.5 Å². The molecular formula is C7H12N2O. The Balaban J connectivity index is 2.79. The van der Waals surface area contributed by atoms with Crippen LogP contribution in [0.2, 0.25) is 0 Å². The van der Waals surface area contributed by atoms with E-state index in [2.05, 4.69) is 10.3 Å². The van der Waals surface area contributed by atoms with E-state index in [9.17, 15) is 4.79 Å². The lowest BCUT2D eigenvalue weighted by molar-refractivity contribution is -0.123. The van der Waals surface area contributed by atoms with Gasteiger partial charge in [0, 0.05) is 0 Å². The molecule has 0 saturated carbocycles. The van der Waals surface area contributed by atoms with Crippen LogP contribution < -0.4 is 5.32 Å². The fraction of sp³-hybridized carbons (Fsp3) is 0.714. The van der Waals surface area contributed by atoms with Gasteiger partial charge in [0.15, 0.2) is 0 Å². The summed E-state index contributed by atoms with van der Waals surface area (Å²) in [5.74, 6) is 0.833. The zero-order valence-corrected chi connectivity index (χ0v) is 6.51. The fourth-order valence-corrected chi connectivity index (χ4v) is 0.961. The molecule has 0 aromatic heterocycles. The van der Waals surface area contributed by atoms with E-state index in [0.717, 1.165) is 5.84 Å². The third-order valence-corrected chi connectivity index (χ3v) is 1.84. The number of rotatable bonds is 0. The normalized spacial score (nSPS) is 33.1. The lowest BCUT2D eigenvalue weighted by atomic mass is 10.0. The zero-order valence-electron chi connectivity index (χ0n) is 6.51. The quantitative estimate of drug-likeness (QED) is 0.524. The second kappa shape index (κ2) is 2.40. The Morgan fingerprint density at radius 1 is 1.50 bits per heavy atom. The van der Waals surface area contributed by atoms with Gasteiger partial charge < -0.3 is 5.32 Å². The monoisotopic (exact) mass is 140 g/mol. The van der Waals surface area contributed by atoms with Gasteiger partial charge in [0.1, 0.15) is 5.84 Å². The molecule has 0 spiro atoms. The van der Waals surface area contributed by atoms with E-state index < -0.39 is 0 Å². The minimum absolute atomic E-state index is 0.0173. The highest BCUT2D eigenvalue weighted by molar-refractivity contribution is 6.00. The van der Waals surface area contributed by atoms with Crippen LogP contribution in [0.25, 0.3) is 0 Å². The van der Waals surface area contributed by atoms with Crippen molar-refractivity contribution >= 4 is 11.7 Å². The summed E-state index contributed by atoms with van der Waals surface area (Å²) >= 11 is 0. The molecule has 3 nitrogen and oxygen atoms in total. The molecule has 10 heavy (non-hydrogen) atoms. The highest BCUT2D eigenvalue weighted by atomic mass is 16.2. The Bertz CT molecular complexity index is 186. The van der Waals surface area contributed by atoms with Crippen molar-refractivity contribution in [1.82, 2.24) is 5.32 Å². The molecule has 56 valence electrons. The van der Waals surface area contributed by atoms with Gasteiger partial charge in [-0.25, -0.2) is 0 Å². The molecule has 0 saturated heterocycles. The molecule has 1 amide bonds. The molecule has 2 atom stereocenters. The number of carbonyl (C=O) groups excluding carboxylic acids is 1. The summed E-state index contributed by atoms with van der Waals surface area (Å²) < 4.78 is 0. The van der Waals surface area contributed by atoms with Gasteiger partial charge in [0.25, 0.3) is 0 Å². The van der Waals surface area contributed by atoms with Crippen molar-refractivity contribution in [2.45, 2.75) is 26.8 Å². The smallest absolute Gasteiger partial charge is 0.230 e. The Morgan fingerprint density at radius 3 is 2.60 bits per heavy atom. The summed E-state index contributed by atoms with van der Waals surface area (Å²) in [5, 5.41) is 2.67. The van der Waals surface area contributed by atoms with E-state index in [-0.39, 0.29) is 17.9 Å². The average molecular weight is 140 g/mol. The van der Waals surface area contributed by atoms with Crippen LogP contribution in [0.3, 0.4) is 0 Å². The van der Waals surface area contributed by atoms with Crippen molar-refractivity contribution in [3.8, 4) is 0 Å². The number of nitrogens with one attached hydrogen (secondary N) is 1. The molecule has 2 unspecified atom stereocenters. The molecule has 0 aromatic rings. The summed E-state index contributed by atoms with van der Waals surface area (Å²) in [6.45, 7) is 5.64. The standard InChI is InChI=1S/C7H12N2O/c1-4-5(2)8-6(3)9-7(4)10/h4-5H,1-3H3,(H,8,9,10). The van der Waals surface area contributed by atoms with Gasteiger partial charge >= 0.3 is 0 Å². The number of amides is 1. The molecule has 0 bridgehead atoms. The van der Waals surface area contributed by atoms with E-state index in [1.54, 1.807) is 6.92 Å². The first kappa shape index (κ1) is 7.25. The van der Waals surface area contributed by atoms with Crippen LogP contribution in [0.15, 0.2) is 4.99 Å². The average Bonchev–Trinajstić information content (AvgIpc) is 1.82. The summed E-state index contributed by atoms with van der Waals surface area (Å²) in [6, 6.07) is 0.133. The van der Waals surface area contributed by atoms with Crippen LogP contribution >= 0.6 is 0 Å². The van der Waals surface area contributed by atoms with Crippen molar-refractivity contribution < 1.29 is 4.79 Å². The number of hydrogen-bond acceptors (Lipinski definition) is 2. The highest BCUT2D eigenvalue weighted by Gasteiger charge is 2.23. The maximum absolute atomic E-state index is 11.0.